The van der Waals surface area contributed by atoms with Crippen molar-refractivity contribution < 1.29 is 13.2 Å². The number of carbonyl (C=O) groups is 1. The van der Waals surface area contributed by atoms with E-state index in [1.165, 1.54) is 0 Å². The number of nitrogens with one attached hydrogen (secondary N) is 1. The smallest absolute Gasteiger partial charge is 0.259 e. The van der Waals surface area contributed by atoms with Crippen LogP contribution in [-0.2, 0) is 15.8 Å². The summed E-state index contributed by atoms with van der Waals surface area (Å²) >= 11 is 0. The van der Waals surface area contributed by atoms with Gasteiger partial charge in [-0.15, -0.1) is 0 Å². The van der Waals surface area contributed by atoms with Crippen molar-refractivity contribution in [2.45, 2.75) is 18.6 Å². The molecule has 2 aromatic rings. The molecule has 0 aliphatic carbocycles. The van der Waals surface area contributed by atoms with Gasteiger partial charge in [-0.1, -0.05) is 12.1 Å². The highest BCUT2D eigenvalue weighted by Crippen LogP contribution is 2.23. The molecule has 1 aliphatic rings. The molecule has 0 radical (unpaired) electrons. The van der Waals surface area contributed by atoms with Crippen molar-refractivity contribution in [1.29, 1.82) is 0 Å². The summed E-state index contributed by atoms with van der Waals surface area (Å²) in [5.41, 5.74) is 1.68. The maximum Gasteiger partial charge on any atom is 0.259 e. The number of rotatable bonds is 5. The summed E-state index contributed by atoms with van der Waals surface area (Å²) < 4.78 is 22.2. The first-order valence-electron chi connectivity index (χ1n) is 8.03. The van der Waals surface area contributed by atoms with Crippen LogP contribution in [-0.4, -0.2) is 32.4 Å². The number of pyridine rings is 1. The van der Waals surface area contributed by atoms with Crippen LogP contribution in [0, 0.1) is 0 Å². The Hall–Kier alpha value is -2.45. The molecule has 1 fully saturated rings. The molecule has 8 heteroatoms. The highest BCUT2D eigenvalue weighted by molar-refractivity contribution is 7.88. The minimum absolute atomic E-state index is 0.233. The van der Waals surface area contributed by atoms with Gasteiger partial charge < -0.3 is 10.2 Å². The quantitative estimate of drug-likeness (QED) is 0.845. The topological polar surface area (TPSA) is 105 Å². The Morgan fingerprint density at radius 3 is 2.48 bits per heavy atom. The molecule has 3 rings (SSSR count). The molecule has 0 unspecified atom stereocenters. The van der Waals surface area contributed by atoms with E-state index in [2.05, 4.69) is 15.2 Å². The van der Waals surface area contributed by atoms with Crippen molar-refractivity contribution in [1.82, 2.24) is 4.98 Å². The number of amides is 1. The summed E-state index contributed by atoms with van der Waals surface area (Å²) in [5, 5.41) is 7.86. The Morgan fingerprint density at radius 1 is 1.16 bits per heavy atom. The molecule has 0 spiro atoms. The monoisotopic (exact) mass is 360 g/mol. The van der Waals surface area contributed by atoms with E-state index in [-0.39, 0.29) is 11.7 Å². The average Bonchev–Trinajstić information content (AvgIpc) is 3.10. The summed E-state index contributed by atoms with van der Waals surface area (Å²) in [7, 11) is -3.57. The second kappa shape index (κ2) is 7.20. The lowest BCUT2D eigenvalue weighted by molar-refractivity contribution is 0.102. The molecule has 1 amide bonds. The first-order chi connectivity index (χ1) is 11.9. The standard InChI is InChI=1S/C17H20N4O3S/c18-25(23,24)12-13-5-7-14(8-6-13)20-17(22)15-4-3-9-19-16(15)21-10-1-2-11-21/h3-9H,1-2,10-12H2,(H,20,22)(H2,18,23,24). The Labute approximate surface area is 146 Å². The van der Waals surface area contributed by atoms with Gasteiger partial charge in [-0.2, -0.15) is 0 Å². The van der Waals surface area contributed by atoms with Gasteiger partial charge in [0.05, 0.1) is 11.3 Å². The van der Waals surface area contributed by atoms with Crippen molar-refractivity contribution in [2.75, 3.05) is 23.3 Å². The van der Waals surface area contributed by atoms with Crippen LogP contribution in [0.5, 0.6) is 0 Å². The fourth-order valence-electron chi connectivity index (χ4n) is 2.87. The Morgan fingerprint density at radius 2 is 1.84 bits per heavy atom. The van der Waals surface area contributed by atoms with Crippen LogP contribution in [0.25, 0.3) is 0 Å². The van der Waals surface area contributed by atoms with Crippen LogP contribution in [0.15, 0.2) is 42.6 Å². The van der Waals surface area contributed by atoms with Gasteiger partial charge in [0, 0.05) is 25.0 Å². The summed E-state index contributed by atoms with van der Waals surface area (Å²) in [6, 6.07) is 10.1. The van der Waals surface area contributed by atoms with Gasteiger partial charge in [0.25, 0.3) is 5.91 Å². The lowest BCUT2D eigenvalue weighted by Crippen LogP contribution is -2.24. The molecule has 25 heavy (non-hydrogen) atoms. The third-order valence-corrected chi connectivity index (χ3v) is 4.75. The molecule has 1 aromatic heterocycles. The molecule has 0 bridgehead atoms. The predicted octanol–water partition coefficient (Wildman–Crippen LogP) is 1.72. The minimum Gasteiger partial charge on any atom is -0.356 e. The molecular weight excluding hydrogens is 340 g/mol. The van der Waals surface area contributed by atoms with Crippen LogP contribution in [0.4, 0.5) is 11.5 Å². The first kappa shape index (κ1) is 17.4. The van der Waals surface area contributed by atoms with Crippen molar-refractivity contribution in [3.63, 3.8) is 0 Å². The van der Waals surface area contributed by atoms with Crippen molar-refractivity contribution in [3.05, 3.63) is 53.7 Å². The van der Waals surface area contributed by atoms with E-state index >= 15 is 0 Å². The number of aromatic nitrogens is 1. The number of benzene rings is 1. The van der Waals surface area contributed by atoms with Crippen LogP contribution in [0.1, 0.15) is 28.8 Å². The second-order valence-electron chi connectivity index (χ2n) is 6.03. The average molecular weight is 360 g/mol. The molecule has 1 aliphatic heterocycles. The maximum absolute atomic E-state index is 12.6. The Bertz CT molecular complexity index is 860. The van der Waals surface area contributed by atoms with E-state index in [9.17, 15) is 13.2 Å². The zero-order valence-corrected chi connectivity index (χ0v) is 14.5. The highest BCUT2D eigenvalue weighted by Gasteiger charge is 2.20. The van der Waals surface area contributed by atoms with Crippen LogP contribution in [0.2, 0.25) is 0 Å². The van der Waals surface area contributed by atoms with E-state index < -0.39 is 10.0 Å². The van der Waals surface area contributed by atoms with E-state index in [0.29, 0.717) is 22.6 Å². The van der Waals surface area contributed by atoms with Crippen LogP contribution in [0.3, 0.4) is 0 Å². The molecule has 1 saturated heterocycles. The minimum atomic E-state index is -3.57. The fraction of sp³-hybridized carbons (Fsp3) is 0.294. The summed E-state index contributed by atoms with van der Waals surface area (Å²) in [6.07, 6.45) is 3.89. The van der Waals surface area contributed by atoms with Gasteiger partial charge in [0.1, 0.15) is 5.82 Å². The molecule has 7 nitrogen and oxygen atoms in total. The number of anilines is 2. The number of nitrogens with two attached hydrogens (primary N) is 1. The van der Waals surface area contributed by atoms with Gasteiger partial charge in [-0.3, -0.25) is 4.79 Å². The summed E-state index contributed by atoms with van der Waals surface area (Å²) in [5.74, 6) is 0.223. The highest BCUT2D eigenvalue weighted by atomic mass is 32.2. The fourth-order valence-corrected chi connectivity index (χ4v) is 3.53. The number of sulfonamides is 1. The van der Waals surface area contributed by atoms with Crippen molar-refractivity contribution >= 4 is 27.4 Å². The molecule has 1 aromatic carbocycles. The first-order valence-corrected chi connectivity index (χ1v) is 9.75. The lowest BCUT2D eigenvalue weighted by Gasteiger charge is -2.19. The maximum atomic E-state index is 12.6. The molecule has 2 heterocycles. The van der Waals surface area contributed by atoms with E-state index in [1.807, 2.05) is 0 Å². The van der Waals surface area contributed by atoms with Crippen molar-refractivity contribution in [2.24, 2.45) is 5.14 Å². The number of hydrogen-bond donors (Lipinski definition) is 2. The zero-order chi connectivity index (χ0) is 17.9. The largest absolute Gasteiger partial charge is 0.356 e. The predicted molar refractivity (Wildman–Crippen MR) is 96.9 cm³/mol. The van der Waals surface area contributed by atoms with Gasteiger partial charge in [0.2, 0.25) is 10.0 Å². The Balaban J connectivity index is 1.74. The van der Waals surface area contributed by atoms with E-state index in [1.54, 1.807) is 42.6 Å². The molecule has 132 valence electrons. The van der Waals surface area contributed by atoms with E-state index in [0.717, 1.165) is 25.9 Å². The van der Waals surface area contributed by atoms with Gasteiger partial charge in [-0.25, -0.2) is 18.5 Å². The number of hydrogen-bond acceptors (Lipinski definition) is 5. The van der Waals surface area contributed by atoms with E-state index in [4.69, 9.17) is 5.14 Å². The van der Waals surface area contributed by atoms with Gasteiger partial charge >= 0.3 is 0 Å². The summed E-state index contributed by atoms with van der Waals surface area (Å²) in [6.45, 7) is 1.80. The van der Waals surface area contributed by atoms with Crippen molar-refractivity contribution in [3.8, 4) is 0 Å². The number of primary sulfonamides is 1. The van der Waals surface area contributed by atoms with Crippen LogP contribution < -0.4 is 15.4 Å². The number of nitrogens with zero attached hydrogens (tertiary/aromatic N) is 2. The number of carbonyl (C=O) groups excluding carboxylic acids is 1. The SMILES string of the molecule is NS(=O)(=O)Cc1ccc(NC(=O)c2cccnc2N2CCCC2)cc1. The van der Waals surface area contributed by atoms with Gasteiger partial charge in [-0.05, 0) is 42.7 Å². The Kier molecular flexibility index (Phi) is 5.00. The molecule has 3 N–H and O–H groups in total. The van der Waals surface area contributed by atoms with Gasteiger partial charge in [0.15, 0.2) is 0 Å². The second-order valence-corrected chi connectivity index (χ2v) is 7.64. The zero-order valence-electron chi connectivity index (χ0n) is 13.7. The molecule has 0 atom stereocenters. The third kappa shape index (κ3) is 4.55. The van der Waals surface area contributed by atoms with Crippen LogP contribution >= 0.6 is 0 Å². The molecule has 0 saturated carbocycles. The molecular formula is C17H20N4O3S. The lowest BCUT2D eigenvalue weighted by atomic mass is 10.2. The third-order valence-electron chi connectivity index (χ3n) is 4.02. The summed E-state index contributed by atoms with van der Waals surface area (Å²) in [4.78, 5) is 19.1. The normalized spacial score (nSPS) is 14.5.